The quantitative estimate of drug-likeness (QED) is 0.670. The van der Waals surface area contributed by atoms with E-state index in [2.05, 4.69) is 41.5 Å². The third-order valence-electron chi connectivity index (χ3n) is 1.67. The fraction of sp³-hybridized carbons (Fsp3) is 1.00. The largest absolute Gasteiger partial charge is 0.393 e. The van der Waals surface area contributed by atoms with Gasteiger partial charge in [-0.05, 0) is 37.5 Å². The van der Waals surface area contributed by atoms with E-state index >= 15 is 0 Å². The molecule has 1 aliphatic rings. The molecule has 2 nitrogen and oxygen atoms in total. The molecule has 0 aromatic heterocycles. The lowest BCUT2D eigenvalue weighted by molar-refractivity contribution is 0.0541. The van der Waals surface area contributed by atoms with Gasteiger partial charge in [-0.25, -0.2) is 0 Å². The third kappa shape index (κ3) is 23.6. The molecule has 1 rings (SSSR count). The van der Waals surface area contributed by atoms with Crippen molar-refractivity contribution in [3.05, 3.63) is 0 Å². The summed E-state index contributed by atoms with van der Waals surface area (Å²) in [5.41, 5.74) is 0. The average molecular weight is 232 g/mol. The Morgan fingerprint density at radius 1 is 0.625 bits per heavy atom. The monoisotopic (exact) mass is 232 g/mol. The zero-order valence-electron chi connectivity index (χ0n) is 12.0. The molecule has 1 fully saturated rings. The number of aliphatic hydroxyl groups excluding tert-OH is 2. The van der Waals surface area contributed by atoms with Crippen molar-refractivity contribution in [2.75, 3.05) is 0 Å². The second kappa shape index (κ2) is 11.4. The molecule has 0 bridgehead atoms. The predicted octanol–water partition coefficient (Wildman–Crippen LogP) is 3.61. The molecule has 0 aromatic rings. The molecule has 0 saturated heterocycles. The summed E-state index contributed by atoms with van der Waals surface area (Å²) in [4.78, 5) is 0. The van der Waals surface area contributed by atoms with Crippen LogP contribution in [0.25, 0.3) is 0 Å². The van der Waals surface area contributed by atoms with Crippen molar-refractivity contribution in [1.29, 1.82) is 0 Å². The fourth-order valence-corrected chi connectivity index (χ4v) is 1.06. The van der Waals surface area contributed by atoms with E-state index < -0.39 is 0 Å². The van der Waals surface area contributed by atoms with Gasteiger partial charge in [0.25, 0.3) is 0 Å². The van der Waals surface area contributed by atoms with Crippen molar-refractivity contribution in [3.8, 4) is 0 Å². The Bertz CT molecular complexity index is 103. The van der Waals surface area contributed by atoms with Crippen LogP contribution in [0.2, 0.25) is 0 Å². The first-order valence-corrected chi connectivity index (χ1v) is 6.61. The summed E-state index contributed by atoms with van der Waals surface area (Å²) in [6, 6.07) is 0. The highest BCUT2D eigenvalue weighted by Gasteiger charge is 2.15. The van der Waals surface area contributed by atoms with E-state index in [0.717, 1.165) is 37.5 Å². The van der Waals surface area contributed by atoms with Crippen LogP contribution < -0.4 is 0 Å². The summed E-state index contributed by atoms with van der Waals surface area (Å²) in [7, 11) is 0. The summed E-state index contributed by atoms with van der Waals surface area (Å²) in [6.07, 6.45) is 2.83. The van der Waals surface area contributed by atoms with Crippen LogP contribution in [-0.4, -0.2) is 22.4 Å². The summed E-state index contributed by atoms with van der Waals surface area (Å²) >= 11 is 0. The molecular formula is C14H32O2. The van der Waals surface area contributed by atoms with Crippen LogP contribution in [0, 0.1) is 11.8 Å². The Balaban J connectivity index is 0. The fourth-order valence-electron chi connectivity index (χ4n) is 1.06. The molecule has 0 radical (unpaired) electrons. The van der Waals surface area contributed by atoms with Gasteiger partial charge in [0, 0.05) is 0 Å². The van der Waals surface area contributed by atoms with Crippen molar-refractivity contribution in [1.82, 2.24) is 0 Å². The maximum absolute atomic E-state index is 8.92. The zero-order chi connectivity index (χ0) is 13.1. The van der Waals surface area contributed by atoms with E-state index in [4.69, 9.17) is 10.2 Å². The van der Waals surface area contributed by atoms with Crippen LogP contribution in [0.5, 0.6) is 0 Å². The van der Waals surface area contributed by atoms with Gasteiger partial charge in [0.05, 0.1) is 12.2 Å². The molecule has 0 atom stereocenters. The van der Waals surface area contributed by atoms with E-state index in [9.17, 15) is 0 Å². The maximum Gasteiger partial charge on any atom is 0.0542 e. The standard InChI is InChI=1S/C6H12O2.2C4H10/c7-5-1-2-6(8)4-3-5;2*1-4(2)3/h5-8H,1-4H2;2*4H,1-3H3. The summed E-state index contributed by atoms with van der Waals surface area (Å²) in [5, 5.41) is 17.8. The van der Waals surface area contributed by atoms with Gasteiger partial charge in [-0.1, -0.05) is 41.5 Å². The van der Waals surface area contributed by atoms with E-state index in [1.807, 2.05) is 0 Å². The second-order valence-electron chi connectivity index (χ2n) is 5.93. The maximum atomic E-state index is 8.92. The van der Waals surface area contributed by atoms with Crippen molar-refractivity contribution in [2.24, 2.45) is 11.8 Å². The smallest absolute Gasteiger partial charge is 0.0542 e. The van der Waals surface area contributed by atoms with Gasteiger partial charge in [0.15, 0.2) is 0 Å². The summed E-state index contributed by atoms with van der Waals surface area (Å²) in [5.74, 6) is 1.67. The van der Waals surface area contributed by atoms with Gasteiger partial charge >= 0.3 is 0 Å². The first-order valence-electron chi connectivity index (χ1n) is 6.61. The molecule has 0 unspecified atom stereocenters. The molecule has 1 aliphatic carbocycles. The van der Waals surface area contributed by atoms with Crippen LogP contribution >= 0.6 is 0 Å². The molecule has 1 saturated carbocycles. The predicted molar refractivity (Wildman–Crippen MR) is 71.5 cm³/mol. The molecule has 16 heavy (non-hydrogen) atoms. The Kier molecular flexibility index (Phi) is 13.0. The van der Waals surface area contributed by atoms with E-state index in [1.54, 1.807) is 0 Å². The van der Waals surface area contributed by atoms with Crippen LogP contribution in [0.3, 0.4) is 0 Å². The Labute approximate surface area is 102 Å². The van der Waals surface area contributed by atoms with Crippen molar-refractivity contribution in [2.45, 2.75) is 79.4 Å². The first-order chi connectivity index (χ1) is 7.25. The van der Waals surface area contributed by atoms with Crippen molar-refractivity contribution in [3.63, 3.8) is 0 Å². The highest BCUT2D eigenvalue weighted by Crippen LogP contribution is 2.17. The Morgan fingerprint density at radius 2 is 0.750 bits per heavy atom. The molecule has 2 N–H and O–H groups in total. The lowest BCUT2D eigenvalue weighted by atomic mass is 9.95. The number of aliphatic hydroxyl groups is 2. The number of hydrogen-bond acceptors (Lipinski definition) is 2. The Morgan fingerprint density at radius 3 is 0.875 bits per heavy atom. The van der Waals surface area contributed by atoms with Crippen molar-refractivity contribution >= 4 is 0 Å². The van der Waals surface area contributed by atoms with Gasteiger partial charge in [-0.2, -0.15) is 0 Å². The highest BCUT2D eigenvalue weighted by atomic mass is 16.3. The lowest BCUT2D eigenvalue weighted by Gasteiger charge is -2.20. The average Bonchev–Trinajstić information content (AvgIpc) is 2.08. The second-order valence-corrected chi connectivity index (χ2v) is 5.93. The van der Waals surface area contributed by atoms with Gasteiger partial charge in [0.1, 0.15) is 0 Å². The van der Waals surface area contributed by atoms with E-state index in [1.165, 1.54) is 0 Å². The highest BCUT2D eigenvalue weighted by molar-refractivity contribution is 4.69. The van der Waals surface area contributed by atoms with Gasteiger partial charge in [-0.15, -0.1) is 0 Å². The minimum Gasteiger partial charge on any atom is -0.393 e. The SMILES string of the molecule is CC(C)C.CC(C)C.OC1CCC(O)CC1. The molecule has 0 aromatic carbocycles. The van der Waals surface area contributed by atoms with E-state index in [0.29, 0.717) is 0 Å². The summed E-state index contributed by atoms with van der Waals surface area (Å²) < 4.78 is 0. The molecular weight excluding hydrogens is 200 g/mol. The topological polar surface area (TPSA) is 40.5 Å². The molecule has 0 amide bonds. The third-order valence-corrected chi connectivity index (χ3v) is 1.67. The molecule has 0 aliphatic heterocycles. The van der Waals surface area contributed by atoms with Gasteiger partial charge < -0.3 is 10.2 Å². The minimum absolute atomic E-state index is 0.140. The summed E-state index contributed by atoms with van der Waals surface area (Å²) in [6.45, 7) is 13.0. The number of hydrogen-bond donors (Lipinski definition) is 2. The Hall–Kier alpha value is -0.0800. The van der Waals surface area contributed by atoms with Crippen LogP contribution in [-0.2, 0) is 0 Å². The molecule has 100 valence electrons. The van der Waals surface area contributed by atoms with Gasteiger partial charge in [-0.3, -0.25) is 0 Å². The molecule has 2 heteroatoms. The minimum atomic E-state index is -0.140. The lowest BCUT2D eigenvalue weighted by Crippen LogP contribution is -2.21. The molecule has 0 heterocycles. The number of rotatable bonds is 0. The van der Waals surface area contributed by atoms with Crippen molar-refractivity contribution < 1.29 is 10.2 Å². The van der Waals surface area contributed by atoms with Crippen LogP contribution in [0.4, 0.5) is 0 Å². The molecule has 0 spiro atoms. The zero-order valence-corrected chi connectivity index (χ0v) is 12.0. The normalized spacial score (nSPS) is 24.4. The van der Waals surface area contributed by atoms with Crippen LogP contribution in [0.1, 0.15) is 67.2 Å². The van der Waals surface area contributed by atoms with E-state index in [-0.39, 0.29) is 12.2 Å². The van der Waals surface area contributed by atoms with Crippen LogP contribution in [0.15, 0.2) is 0 Å². The van der Waals surface area contributed by atoms with Gasteiger partial charge in [0.2, 0.25) is 0 Å². The first kappa shape index (κ1) is 18.3.